The van der Waals surface area contributed by atoms with Crippen molar-refractivity contribution in [2.24, 2.45) is 43.1 Å². The van der Waals surface area contributed by atoms with Gasteiger partial charge in [-0.1, -0.05) is 52.4 Å². The van der Waals surface area contributed by atoms with Gasteiger partial charge in [0.2, 0.25) is 11.7 Å². The van der Waals surface area contributed by atoms with Gasteiger partial charge in [0.1, 0.15) is 6.29 Å². The van der Waals surface area contributed by atoms with Gasteiger partial charge in [-0.2, -0.15) is 0 Å². The fourth-order valence-electron chi connectivity index (χ4n) is 4.79. The van der Waals surface area contributed by atoms with Gasteiger partial charge in [-0.3, -0.25) is 25.0 Å². The molecule has 41 heavy (non-hydrogen) atoms. The maximum atomic E-state index is 13.0. The molecule has 2 amide bonds. The van der Waals surface area contributed by atoms with Crippen LogP contribution in [0, 0.1) is 0 Å². The average molecular weight is 586 g/mol. The number of amidine groups is 1. The van der Waals surface area contributed by atoms with Crippen molar-refractivity contribution in [2.75, 3.05) is 19.6 Å². The SMILES string of the molecule is NN=NC1=NC(N=NN)=C(Cl)NC1C(=O)NC1NCC2(CCN(C(=O)CCC(=O)C=C(N)c3ccccc3)CC2)N1. The van der Waals surface area contributed by atoms with E-state index in [0.29, 0.717) is 38.2 Å². The lowest BCUT2D eigenvalue weighted by Gasteiger charge is -2.39. The van der Waals surface area contributed by atoms with E-state index in [1.165, 1.54) is 6.08 Å². The summed E-state index contributed by atoms with van der Waals surface area (Å²) in [5, 5.41) is 25.7. The minimum Gasteiger partial charge on any atom is -0.398 e. The van der Waals surface area contributed by atoms with Crippen LogP contribution in [0.5, 0.6) is 0 Å². The third kappa shape index (κ3) is 7.41. The minimum absolute atomic E-state index is 0.0476. The van der Waals surface area contributed by atoms with Crippen LogP contribution in [-0.4, -0.2) is 65.8 Å². The maximum Gasteiger partial charge on any atom is 0.252 e. The first kappa shape index (κ1) is 29.6. The van der Waals surface area contributed by atoms with Crippen molar-refractivity contribution in [1.29, 1.82) is 0 Å². The van der Waals surface area contributed by atoms with Crippen molar-refractivity contribution in [2.45, 2.75) is 43.6 Å². The van der Waals surface area contributed by atoms with Gasteiger partial charge >= 0.3 is 0 Å². The molecule has 0 aliphatic carbocycles. The number of hydrogen-bond acceptors (Lipinski definition) is 12. The van der Waals surface area contributed by atoms with Gasteiger partial charge in [-0.05, 0) is 18.4 Å². The smallest absolute Gasteiger partial charge is 0.252 e. The molecule has 0 saturated carbocycles. The summed E-state index contributed by atoms with van der Waals surface area (Å²) in [6.07, 6.45) is 2.33. The number of halogens is 1. The molecule has 3 aliphatic rings. The fraction of sp³-hybridized carbons (Fsp3) is 0.417. The largest absolute Gasteiger partial charge is 0.398 e. The highest BCUT2D eigenvalue weighted by atomic mass is 35.5. The number of piperidine rings is 1. The highest BCUT2D eigenvalue weighted by molar-refractivity contribution is 6.30. The van der Waals surface area contributed by atoms with E-state index in [9.17, 15) is 14.4 Å². The lowest BCUT2D eigenvalue weighted by Crippen LogP contribution is -2.59. The van der Waals surface area contributed by atoms with Crippen LogP contribution in [0.2, 0.25) is 0 Å². The molecule has 3 aliphatic heterocycles. The summed E-state index contributed by atoms with van der Waals surface area (Å²) >= 11 is 6.10. The normalized spacial score (nSPS) is 22.7. The summed E-state index contributed by atoms with van der Waals surface area (Å²) < 4.78 is 0. The van der Waals surface area contributed by atoms with Crippen LogP contribution in [0.4, 0.5) is 0 Å². The number of likely N-dealkylation sites (tertiary alicyclic amines) is 1. The summed E-state index contributed by atoms with van der Waals surface area (Å²) in [5.41, 5.74) is 6.81. The van der Waals surface area contributed by atoms with Gasteiger partial charge in [0.05, 0.1) is 0 Å². The van der Waals surface area contributed by atoms with E-state index in [-0.39, 0.29) is 46.9 Å². The molecule has 1 aromatic rings. The Labute approximate surface area is 240 Å². The second-order valence-electron chi connectivity index (χ2n) is 9.68. The Bertz CT molecular complexity index is 1300. The maximum absolute atomic E-state index is 13.0. The molecular formula is C24H32ClN13O3. The van der Waals surface area contributed by atoms with Crippen molar-refractivity contribution >= 4 is 40.7 Å². The molecular weight excluding hydrogens is 554 g/mol. The Morgan fingerprint density at radius 1 is 1.12 bits per heavy atom. The predicted octanol–water partition coefficient (Wildman–Crippen LogP) is -0.323. The summed E-state index contributed by atoms with van der Waals surface area (Å²) in [7, 11) is 0. The second kappa shape index (κ2) is 13.3. The Kier molecular flexibility index (Phi) is 9.59. The van der Waals surface area contributed by atoms with E-state index in [4.69, 9.17) is 29.0 Å². The molecule has 1 spiro atoms. The summed E-state index contributed by atoms with van der Waals surface area (Å²) in [4.78, 5) is 43.9. The van der Waals surface area contributed by atoms with Crippen LogP contribution >= 0.6 is 11.6 Å². The molecule has 10 N–H and O–H groups in total. The first-order valence-corrected chi connectivity index (χ1v) is 13.2. The van der Waals surface area contributed by atoms with Crippen molar-refractivity contribution in [3.05, 3.63) is 52.9 Å². The number of amides is 2. The molecule has 2 saturated heterocycles. The average Bonchev–Trinajstić information content (AvgIpc) is 3.35. The zero-order valence-corrected chi connectivity index (χ0v) is 22.8. The number of nitrogens with two attached hydrogens (primary N) is 3. The van der Waals surface area contributed by atoms with E-state index >= 15 is 0 Å². The summed E-state index contributed by atoms with van der Waals surface area (Å²) in [6.45, 7) is 1.60. The number of carbonyl (C=O) groups excluding carboxylic acids is 3. The molecule has 2 atom stereocenters. The fourth-order valence-corrected chi connectivity index (χ4v) is 4.98. The van der Waals surface area contributed by atoms with Gasteiger partial charge < -0.3 is 33.0 Å². The molecule has 17 heteroatoms. The molecule has 4 rings (SSSR count). The third-order valence-electron chi connectivity index (χ3n) is 6.98. The van der Waals surface area contributed by atoms with Gasteiger partial charge in [0, 0.05) is 49.8 Å². The molecule has 0 bridgehead atoms. The Balaban J connectivity index is 1.24. The number of nitrogens with one attached hydrogen (secondary N) is 4. The molecule has 1 aromatic carbocycles. The molecule has 218 valence electrons. The van der Waals surface area contributed by atoms with Crippen LogP contribution in [0.1, 0.15) is 31.2 Å². The van der Waals surface area contributed by atoms with Gasteiger partial charge in [0.25, 0.3) is 5.91 Å². The number of rotatable bonds is 8. The highest BCUT2D eigenvalue weighted by Crippen LogP contribution is 2.26. The topological polar surface area (TPSA) is 242 Å². The zero-order chi connectivity index (χ0) is 29.4. The Hall–Kier alpha value is -4.41. The third-order valence-corrected chi connectivity index (χ3v) is 7.26. The van der Waals surface area contributed by atoms with E-state index in [2.05, 4.69) is 46.9 Å². The van der Waals surface area contributed by atoms with Gasteiger partial charge in [-0.25, -0.2) is 4.99 Å². The number of aliphatic imine (C=N–C) groups is 1. The number of benzene rings is 1. The molecule has 2 unspecified atom stereocenters. The number of hydrogen-bond donors (Lipinski definition) is 7. The molecule has 2 fully saturated rings. The van der Waals surface area contributed by atoms with Crippen LogP contribution < -0.4 is 38.7 Å². The van der Waals surface area contributed by atoms with Crippen LogP contribution in [0.3, 0.4) is 0 Å². The number of ketones is 1. The summed E-state index contributed by atoms with van der Waals surface area (Å²) in [5.74, 6) is 9.27. The molecule has 3 heterocycles. The quantitative estimate of drug-likeness (QED) is 0.0693. The van der Waals surface area contributed by atoms with Crippen molar-refractivity contribution in [3.8, 4) is 0 Å². The Morgan fingerprint density at radius 2 is 1.83 bits per heavy atom. The van der Waals surface area contributed by atoms with E-state index in [1.807, 2.05) is 30.3 Å². The number of carbonyl (C=O) groups is 3. The van der Waals surface area contributed by atoms with Gasteiger partial charge in [-0.15, -0.1) is 10.2 Å². The first-order chi connectivity index (χ1) is 19.7. The van der Waals surface area contributed by atoms with Crippen molar-refractivity contribution in [1.82, 2.24) is 26.2 Å². The van der Waals surface area contributed by atoms with Gasteiger partial charge in [0.15, 0.2) is 22.8 Å². The van der Waals surface area contributed by atoms with Crippen molar-refractivity contribution < 1.29 is 14.4 Å². The van der Waals surface area contributed by atoms with Crippen LogP contribution in [-0.2, 0) is 14.4 Å². The van der Waals surface area contributed by atoms with Crippen LogP contribution in [0.25, 0.3) is 5.70 Å². The minimum atomic E-state index is -1.09. The lowest BCUT2D eigenvalue weighted by molar-refractivity contribution is -0.134. The van der Waals surface area contributed by atoms with E-state index in [0.717, 1.165) is 5.56 Å². The number of allylic oxidation sites excluding steroid dienone is 1. The number of nitrogens with zero attached hydrogens (tertiary/aromatic N) is 6. The first-order valence-electron chi connectivity index (χ1n) is 12.8. The Morgan fingerprint density at radius 3 is 2.51 bits per heavy atom. The summed E-state index contributed by atoms with van der Waals surface area (Å²) in [6, 6.07) is 8.10. The highest BCUT2D eigenvalue weighted by Gasteiger charge is 2.43. The standard InChI is InChI=1S/C24H32ClN13O3/c25-19-21(35-37-28)31-20(34-36-27)18(30-19)22(41)32-23-29-13-24(33-23)8-10-38(11-9-24)17(40)7-6-15(39)12-16(26)14-4-2-1-3-5-14/h1-5,12,18,23,29-30,33H,6-11,13,26H2,(H2,28,35)(H,32,41)(H2,27,31,34). The second-order valence-corrected chi connectivity index (χ2v) is 10.1. The van der Waals surface area contributed by atoms with E-state index in [1.54, 1.807) is 4.90 Å². The predicted molar refractivity (Wildman–Crippen MR) is 150 cm³/mol. The zero-order valence-electron chi connectivity index (χ0n) is 22.1. The van der Waals surface area contributed by atoms with E-state index < -0.39 is 18.2 Å². The molecule has 16 nitrogen and oxygen atoms in total. The lowest BCUT2D eigenvalue weighted by atomic mass is 9.88. The van der Waals surface area contributed by atoms with Crippen LogP contribution in [0.15, 0.2) is 73.1 Å². The van der Waals surface area contributed by atoms with Crippen molar-refractivity contribution in [3.63, 3.8) is 0 Å². The monoisotopic (exact) mass is 585 g/mol. The molecule has 0 aromatic heterocycles. The molecule has 0 radical (unpaired) electrons.